The van der Waals surface area contributed by atoms with Crippen LogP contribution in [0.15, 0.2) is 24.0 Å². The molecular formula is C18H20O3. The lowest BCUT2D eigenvalue weighted by atomic mass is 9.59. The molecule has 5 rings (SSSR count). The summed E-state index contributed by atoms with van der Waals surface area (Å²) in [7, 11) is 0. The van der Waals surface area contributed by atoms with Gasteiger partial charge < -0.3 is 10.2 Å². The Labute approximate surface area is 124 Å². The average molecular weight is 284 g/mol. The van der Waals surface area contributed by atoms with Gasteiger partial charge in [-0.3, -0.25) is 4.79 Å². The first-order chi connectivity index (χ1) is 10.1. The minimum atomic E-state index is 0.000651. The number of hydrogen-bond acceptors (Lipinski definition) is 3. The van der Waals surface area contributed by atoms with E-state index >= 15 is 0 Å². The number of aliphatic hydroxyl groups excluding tert-OH is 1. The molecule has 0 aromatic heterocycles. The van der Waals surface area contributed by atoms with Crippen LogP contribution < -0.4 is 0 Å². The third kappa shape index (κ3) is 1.69. The Morgan fingerprint density at radius 2 is 1.62 bits per heavy atom. The second kappa shape index (κ2) is 4.36. The maximum absolute atomic E-state index is 12.9. The van der Waals surface area contributed by atoms with E-state index < -0.39 is 0 Å². The molecule has 1 aromatic carbocycles. The summed E-state index contributed by atoms with van der Waals surface area (Å²) < 4.78 is 0. The lowest BCUT2D eigenvalue weighted by Crippen LogP contribution is -2.41. The van der Waals surface area contributed by atoms with Gasteiger partial charge >= 0.3 is 0 Å². The fourth-order valence-corrected chi connectivity index (χ4v) is 4.88. The Morgan fingerprint density at radius 1 is 1.00 bits per heavy atom. The Kier molecular flexibility index (Phi) is 2.69. The highest BCUT2D eigenvalue weighted by Gasteiger charge is 2.54. The number of carbonyl (C=O) groups excluding carboxylic acids is 1. The van der Waals surface area contributed by atoms with Crippen LogP contribution in [0.3, 0.4) is 0 Å². The first kappa shape index (κ1) is 12.9. The lowest BCUT2D eigenvalue weighted by molar-refractivity contribution is -0.123. The lowest BCUT2D eigenvalue weighted by Gasteiger charge is -2.44. The zero-order valence-corrected chi connectivity index (χ0v) is 12.2. The number of phenols is 1. The minimum Gasteiger partial charge on any atom is -0.511 e. The van der Waals surface area contributed by atoms with Crippen molar-refractivity contribution in [1.82, 2.24) is 0 Å². The van der Waals surface area contributed by atoms with Crippen LogP contribution in [0.5, 0.6) is 5.75 Å². The van der Waals surface area contributed by atoms with Crippen LogP contribution in [0.25, 0.3) is 5.57 Å². The Morgan fingerprint density at radius 3 is 2.19 bits per heavy atom. The summed E-state index contributed by atoms with van der Waals surface area (Å²) >= 11 is 0. The molecule has 4 aliphatic carbocycles. The van der Waals surface area contributed by atoms with Crippen molar-refractivity contribution in [3.05, 3.63) is 35.1 Å². The SMILES string of the molecule is Cc1cc(O)ccc1C1=C(O)C2C3CCC(CC3)C2C1=O. The topological polar surface area (TPSA) is 57.5 Å². The second-order valence-corrected chi connectivity index (χ2v) is 6.85. The normalized spacial score (nSPS) is 34.4. The highest BCUT2D eigenvalue weighted by atomic mass is 16.3. The van der Waals surface area contributed by atoms with Gasteiger partial charge in [-0.05, 0) is 67.7 Å². The molecule has 2 unspecified atom stereocenters. The standard InChI is InChI=1S/C18H20O3/c1-9-8-12(19)6-7-13(9)16-17(20)14-10-2-3-11(5-4-10)15(14)18(16)21/h6-8,10-11,14-15,19-20H,2-5H2,1H3. The number of fused-ring (bicyclic) bond motifs is 2. The van der Waals surface area contributed by atoms with E-state index in [0.717, 1.165) is 36.8 Å². The molecule has 3 heteroatoms. The van der Waals surface area contributed by atoms with Gasteiger partial charge in [-0.1, -0.05) is 6.07 Å². The van der Waals surface area contributed by atoms with Crippen LogP contribution in [0.4, 0.5) is 0 Å². The number of aliphatic hydroxyl groups is 1. The maximum Gasteiger partial charge on any atom is 0.170 e. The maximum atomic E-state index is 12.9. The number of Topliss-reactive ketones (excluding diaryl/α,β-unsaturated/α-hetero) is 1. The third-order valence-corrected chi connectivity index (χ3v) is 5.82. The van der Waals surface area contributed by atoms with Crippen LogP contribution in [-0.2, 0) is 4.79 Å². The molecule has 3 fully saturated rings. The number of hydrogen-bond donors (Lipinski definition) is 2. The van der Waals surface area contributed by atoms with Gasteiger partial charge in [0.2, 0.25) is 0 Å². The molecule has 0 heterocycles. The summed E-state index contributed by atoms with van der Waals surface area (Å²) in [6.07, 6.45) is 4.55. The number of benzene rings is 1. The largest absolute Gasteiger partial charge is 0.511 e. The van der Waals surface area contributed by atoms with Crippen molar-refractivity contribution < 1.29 is 15.0 Å². The molecule has 0 aliphatic heterocycles. The molecule has 0 radical (unpaired) electrons. The van der Waals surface area contributed by atoms with Crippen LogP contribution in [-0.4, -0.2) is 16.0 Å². The van der Waals surface area contributed by atoms with Gasteiger partial charge in [0, 0.05) is 11.8 Å². The number of rotatable bonds is 1. The van der Waals surface area contributed by atoms with E-state index in [2.05, 4.69) is 0 Å². The average Bonchev–Trinajstić information content (AvgIpc) is 2.75. The summed E-state index contributed by atoms with van der Waals surface area (Å²) in [5, 5.41) is 20.3. The number of phenolic OH excluding ortho intramolecular Hbond substituents is 1. The summed E-state index contributed by atoms with van der Waals surface area (Å²) in [6.45, 7) is 1.87. The van der Waals surface area contributed by atoms with Gasteiger partial charge in [-0.2, -0.15) is 0 Å². The molecular weight excluding hydrogens is 264 g/mol. The van der Waals surface area contributed by atoms with Crippen LogP contribution in [0.2, 0.25) is 0 Å². The summed E-state index contributed by atoms with van der Waals surface area (Å²) in [5.41, 5.74) is 2.14. The Balaban J connectivity index is 1.83. The zero-order valence-electron chi connectivity index (χ0n) is 12.2. The highest BCUT2D eigenvalue weighted by Crippen LogP contribution is 2.57. The van der Waals surface area contributed by atoms with Crippen molar-refractivity contribution in [3.8, 4) is 5.75 Å². The fraction of sp³-hybridized carbons (Fsp3) is 0.500. The van der Waals surface area contributed by atoms with Gasteiger partial charge in [0.15, 0.2) is 5.78 Å². The first-order valence-electron chi connectivity index (χ1n) is 7.85. The molecule has 0 spiro atoms. The number of allylic oxidation sites excluding steroid dienone is 2. The number of aromatic hydroxyl groups is 1. The van der Waals surface area contributed by atoms with E-state index in [4.69, 9.17) is 0 Å². The van der Waals surface area contributed by atoms with Crippen LogP contribution in [0, 0.1) is 30.6 Å². The van der Waals surface area contributed by atoms with E-state index in [9.17, 15) is 15.0 Å². The van der Waals surface area contributed by atoms with Gasteiger partial charge in [0.05, 0.1) is 5.57 Å². The van der Waals surface area contributed by atoms with E-state index in [0.29, 0.717) is 23.2 Å². The number of aryl methyl sites for hydroxylation is 1. The van der Waals surface area contributed by atoms with Gasteiger partial charge in [-0.15, -0.1) is 0 Å². The minimum absolute atomic E-state index is 0.000651. The number of carbonyl (C=O) groups is 1. The molecule has 21 heavy (non-hydrogen) atoms. The molecule has 3 nitrogen and oxygen atoms in total. The second-order valence-electron chi connectivity index (χ2n) is 6.85. The van der Waals surface area contributed by atoms with Crippen LogP contribution >= 0.6 is 0 Å². The predicted octanol–water partition coefficient (Wildman–Crippen LogP) is 3.60. The first-order valence-corrected chi connectivity index (χ1v) is 7.85. The summed E-state index contributed by atoms with van der Waals surface area (Å²) in [4.78, 5) is 12.9. The molecule has 4 aliphatic rings. The quantitative estimate of drug-likeness (QED) is 0.828. The zero-order chi connectivity index (χ0) is 14.7. The van der Waals surface area contributed by atoms with E-state index in [1.54, 1.807) is 18.2 Å². The Hall–Kier alpha value is -1.77. The molecule has 1 aromatic rings. The fourth-order valence-electron chi connectivity index (χ4n) is 4.88. The van der Waals surface area contributed by atoms with Crippen molar-refractivity contribution >= 4 is 11.4 Å². The van der Waals surface area contributed by atoms with Gasteiger partial charge in [0.25, 0.3) is 0 Å². The van der Waals surface area contributed by atoms with Crippen molar-refractivity contribution in [2.45, 2.75) is 32.6 Å². The van der Waals surface area contributed by atoms with E-state index in [-0.39, 0.29) is 23.4 Å². The van der Waals surface area contributed by atoms with Crippen molar-refractivity contribution in [2.75, 3.05) is 0 Å². The monoisotopic (exact) mass is 284 g/mol. The van der Waals surface area contributed by atoms with E-state index in [1.807, 2.05) is 6.92 Å². The molecule has 2 N–H and O–H groups in total. The summed E-state index contributed by atoms with van der Waals surface area (Å²) in [6, 6.07) is 5.00. The molecule has 2 bridgehead atoms. The molecule has 3 saturated carbocycles. The van der Waals surface area contributed by atoms with Crippen molar-refractivity contribution in [2.24, 2.45) is 23.7 Å². The third-order valence-electron chi connectivity index (χ3n) is 5.82. The van der Waals surface area contributed by atoms with Crippen molar-refractivity contribution in [1.29, 1.82) is 0 Å². The van der Waals surface area contributed by atoms with E-state index in [1.165, 1.54) is 0 Å². The predicted molar refractivity (Wildman–Crippen MR) is 79.8 cm³/mol. The van der Waals surface area contributed by atoms with Gasteiger partial charge in [-0.25, -0.2) is 0 Å². The highest BCUT2D eigenvalue weighted by molar-refractivity contribution is 6.25. The molecule has 0 saturated heterocycles. The van der Waals surface area contributed by atoms with Crippen LogP contribution in [0.1, 0.15) is 36.8 Å². The molecule has 110 valence electrons. The number of ketones is 1. The van der Waals surface area contributed by atoms with Crippen molar-refractivity contribution in [3.63, 3.8) is 0 Å². The van der Waals surface area contributed by atoms with Gasteiger partial charge in [0.1, 0.15) is 11.5 Å². The molecule has 2 atom stereocenters. The smallest absolute Gasteiger partial charge is 0.170 e. The summed E-state index contributed by atoms with van der Waals surface area (Å²) in [5.74, 6) is 1.60. The Bertz CT molecular complexity index is 650. The molecule has 0 amide bonds.